The lowest BCUT2D eigenvalue weighted by molar-refractivity contribution is 0.541. The molecule has 0 bridgehead atoms. The fourth-order valence-electron chi connectivity index (χ4n) is 1.44. The van der Waals surface area contributed by atoms with E-state index < -0.39 is 20.9 Å². The number of halogens is 1. The van der Waals surface area contributed by atoms with Gasteiger partial charge >= 0.3 is 0 Å². The third kappa shape index (κ3) is 3.34. The molecule has 1 unspecified atom stereocenters. The van der Waals surface area contributed by atoms with E-state index in [1.165, 1.54) is 23.6 Å². The Hall–Kier alpha value is -1.38. The first-order valence-electron chi connectivity index (χ1n) is 5.50. The molecule has 0 aliphatic carbocycles. The number of nitrogens with zero attached hydrogens (tertiary/aromatic N) is 2. The molecule has 2 aromatic heterocycles. The molecule has 0 saturated carbocycles. The zero-order chi connectivity index (χ0) is 13.9. The summed E-state index contributed by atoms with van der Waals surface area (Å²) in [4.78, 5) is 7.65. The van der Waals surface area contributed by atoms with Crippen molar-refractivity contribution in [2.24, 2.45) is 0 Å². The van der Waals surface area contributed by atoms with Crippen molar-refractivity contribution in [3.05, 3.63) is 40.7 Å². The number of pyridine rings is 1. The van der Waals surface area contributed by atoms with Gasteiger partial charge in [0.25, 0.3) is 10.0 Å². The minimum atomic E-state index is -3.94. The van der Waals surface area contributed by atoms with E-state index in [2.05, 4.69) is 14.7 Å². The van der Waals surface area contributed by atoms with E-state index in [0.717, 1.165) is 11.1 Å². The predicted molar refractivity (Wildman–Crippen MR) is 69.9 cm³/mol. The summed E-state index contributed by atoms with van der Waals surface area (Å²) >= 11 is 1.44. The zero-order valence-corrected chi connectivity index (χ0v) is 11.7. The molecule has 0 radical (unpaired) electrons. The van der Waals surface area contributed by atoms with Gasteiger partial charge in [0.1, 0.15) is 0 Å². The number of thiazole rings is 1. The molecule has 0 spiro atoms. The molecule has 0 aromatic carbocycles. The highest BCUT2D eigenvalue weighted by Crippen LogP contribution is 2.17. The van der Waals surface area contributed by atoms with Crippen LogP contribution in [-0.4, -0.2) is 24.9 Å². The molecule has 2 heterocycles. The van der Waals surface area contributed by atoms with Crippen molar-refractivity contribution in [2.75, 3.05) is 6.54 Å². The maximum atomic E-state index is 13.4. The third-order valence-electron chi connectivity index (χ3n) is 2.43. The molecular formula is C11H12FN3O2S2. The first-order valence-corrected chi connectivity index (χ1v) is 7.86. The van der Waals surface area contributed by atoms with E-state index in [4.69, 9.17) is 0 Å². The molecule has 5 nitrogen and oxygen atoms in total. The lowest BCUT2D eigenvalue weighted by atomic mass is 10.2. The summed E-state index contributed by atoms with van der Waals surface area (Å²) in [6.07, 6.45) is 2.89. The van der Waals surface area contributed by atoms with Gasteiger partial charge in [0.2, 0.25) is 5.03 Å². The van der Waals surface area contributed by atoms with Crippen molar-refractivity contribution in [3.63, 3.8) is 0 Å². The average molecular weight is 301 g/mol. The van der Waals surface area contributed by atoms with Crippen LogP contribution in [0, 0.1) is 5.82 Å². The van der Waals surface area contributed by atoms with Gasteiger partial charge < -0.3 is 0 Å². The van der Waals surface area contributed by atoms with Crippen LogP contribution in [0.1, 0.15) is 17.8 Å². The Balaban J connectivity index is 2.09. The Kier molecular flexibility index (Phi) is 4.23. The third-order valence-corrected chi connectivity index (χ3v) is 4.80. The van der Waals surface area contributed by atoms with E-state index in [0.29, 0.717) is 0 Å². The Labute approximate surface area is 114 Å². The number of sulfonamides is 1. The molecule has 0 saturated heterocycles. The van der Waals surface area contributed by atoms with Crippen molar-refractivity contribution in [1.29, 1.82) is 0 Å². The van der Waals surface area contributed by atoms with Gasteiger partial charge in [-0.05, 0) is 12.1 Å². The summed E-state index contributed by atoms with van der Waals surface area (Å²) in [7, 11) is -3.94. The van der Waals surface area contributed by atoms with Crippen LogP contribution in [0.5, 0.6) is 0 Å². The second-order valence-corrected chi connectivity index (χ2v) is 6.52. The highest BCUT2D eigenvalue weighted by Gasteiger charge is 2.21. The molecule has 102 valence electrons. The van der Waals surface area contributed by atoms with E-state index in [-0.39, 0.29) is 12.5 Å². The molecule has 19 heavy (non-hydrogen) atoms. The minimum Gasteiger partial charge on any atom is -0.249 e. The molecule has 0 fully saturated rings. The van der Waals surface area contributed by atoms with Gasteiger partial charge in [-0.15, -0.1) is 11.3 Å². The van der Waals surface area contributed by atoms with Gasteiger partial charge in [-0.25, -0.2) is 27.5 Å². The van der Waals surface area contributed by atoms with Crippen molar-refractivity contribution >= 4 is 21.4 Å². The largest absolute Gasteiger partial charge is 0.261 e. The molecule has 8 heteroatoms. The summed E-state index contributed by atoms with van der Waals surface area (Å²) in [5.74, 6) is -0.946. The normalized spacial score (nSPS) is 13.4. The summed E-state index contributed by atoms with van der Waals surface area (Å²) in [5.41, 5.74) is 0. The fourth-order valence-corrected chi connectivity index (χ4v) is 3.27. The number of rotatable bonds is 5. The summed E-state index contributed by atoms with van der Waals surface area (Å²) < 4.78 is 39.5. The molecule has 0 amide bonds. The van der Waals surface area contributed by atoms with Gasteiger partial charge in [0, 0.05) is 30.2 Å². The van der Waals surface area contributed by atoms with E-state index in [1.807, 2.05) is 12.3 Å². The van der Waals surface area contributed by atoms with Gasteiger partial charge in [-0.3, -0.25) is 0 Å². The highest BCUT2D eigenvalue weighted by molar-refractivity contribution is 7.89. The van der Waals surface area contributed by atoms with Crippen molar-refractivity contribution < 1.29 is 12.8 Å². The molecule has 1 N–H and O–H groups in total. The quantitative estimate of drug-likeness (QED) is 0.913. The van der Waals surface area contributed by atoms with Gasteiger partial charge in [0.15, 0.2) is 5.82 Å². The number of aromatic nitrogens is 2. The number of nitrogens with one attached hydrogen (secondary N) is 1. The van der Waals surface area contributed by atoms with Crippen molar-refractivity contribution in [1.82, 2.24) is 14.7 Å². The molecular weight excluding hydrogens is 289 g/mol. The molecule has 0 aliphatic heterocycles. The zero-order valence-electron chi connectivity index (χ0n) is 10.1. The maximum absolute atomic E-state index is 13.4. The van der Waals surface area contributed by atoms with Crippen LogP contribution in [0.25, 0.3) is 0 Å². The van der Waals surface area contributed by atoms with Crippen LogP contribution >= 0.6 is 11.3 Å². The molecule has 2 aromatic rings. The summed E-state index contributed by atoms with van der Waals surface area (Å²) in [6, 6.07) is 2.40. The lowest BCUT2D eigenvalue weighted by Crippen LogP contribution is -2.29. The number of hydrogen-bond acceptors (Lipinski definition) is 5. The molecule has 0 aliphatic rings. The summed E-state index contributed by atoms with van der Waals surface area (Å²) in [5, 5.41) is 2.06. The van der Waals surface area contributed by atoms with E-state index in [9.17, 15) is 12.8 Å². The van der Waals surface area contributed by atoms with Crippen LogP contribution in [0.2, 0.25) is 0 Å². The average Bonchev–Trinajstić information content (AvgIpc) is 2.90. The topological polar surface area (TPSA) is 72.0 Å². The lowest BCUT2D eigenvalue weighted by Gasteiger charge is -2.10. The second kappa shape index (κ2) is 5.72. The first kappa shape index (κ1) is 14.0. The van der Waals surface area contributed by atoms with Crippen LogP contribution < -0.4 is 4.72 Å². The Bertz CT molecular complexity index is 644. The SMILES string of the molecule is CC(CNS(=O)(=O)c1ncccc1F)c1nccs1. The molecule has 2 rings (SSSR count). The fraction of sp³-hybridized carbons (Fsp3) is 0.273. The smallest absolute Gasteiger partial charge is 0.249 e. The Morgan fingerprint density at radius 3 is 2.84 bits per heavy atom. The minimum absolute atomic E-state index is 0.0819. The highest BCUT2D eigenvalue weighted by atomic mass is 32.2. The van der Waals surface area contributed by atoms with Crippen LogP contribution in [0.4, 0.5) is 4.39 Å². The van der Waals surface area contributed by atoms with Gasteiger partial charge in [-0.1, -0.05) is 6.92 Å². The maximum Gasteiger partial charge on any atom is 0.261 e. The monoisotopic (exact) mass is 301 g/mol. The first-order chi connectivity index (χ1) is 9.00. The standard InChI is InChI=1S/C11H12FN3O2S2/c1-8(10-13-5-6-18-10)7-15-19(16,17)11-9(12)3-2-4-14-11/h2-6,8,15H,7H2,1H3. The van der Waals surface area contributed by atoms with Gasteiger partial charge in [0.05, 0.1) is 5.01 Å². The van der Waals surface area contributed by atoms with Crippen molar-refractivity contribution in [2.45, 2.75) is 17.9 Å². The van der Waals surface area contributed by atoms with Crippen molar-refractivity contribution in [3.8, 4) is 0 Å². The summed E-state index contributed by atoms with van der Waals surface area (Å²) in [6.45, 7) is 1.99. The van der Waals surface area contributed by atoms with Crippen LogP contribution in [0.3, 0.4) is 0 Å². The van der Waals surface area contributed by atoms with Gasteiger partial charge in [-0.2, -0.15) is 0 Å². The predicted octanol–water partition coefficient (Wildman–Crippen LogP) is 1.76. The Morgan fingerprint density at radius 2 is 2.21 bits per heavy atom. The van der Waals surface area contributed by atoms with E-state index >= 15 is 0 Å². The van der Waals surface area contributed by atoms with Crippen LogP contribution in [0.15, 0.2) is 34.9 Å². The number of hydrogen-bond donors (Lipinski definition) is 1. The Morgan fingerprint density at radius 1 is 1.42 bits per heavy atom. The second-order valence-electron chi connectivity index (χ2n) is 3.91. The van der Waals surface area contributed by atoms with Crippen LogP contribution in [-0.2, 0) is 10.0 Å². The molecule has 1 atom stereocenters. The van der Waals surface area contributed by atoms with E-state index in [1.54, 1.807) is 6.20 Å².